The summed E-state index contributed by atoms with van der Waals surface area (Å²) >= 11 is 1.47. The van der Waals surface area contributed by atoms with Crippen LogP contribution < -0.4 is 5.32 Å². The largest absolute Gasteiger partial charge is 0.481 e. The number of aromatic nitrogens is 1. The molecule has 0 bridgehead atoms. The summed E-state index contributed by atoms with van der Waals surface area (Å²) in [5, 5.41) is 15.0. The van der Waals surface area contributed by atoms with E-state index in [1.807, 2.05) is 35.7 Å². The Hall–Kier alpha value is -1.92. The highest BCUT2D eigenvalue weighted by Crippen LogP contribution is 2.27. The Kier molecular flexibility index (Phi) is 3.66. The molecule has 104 valence electrons. The maximum Gasteiger partial charge on any atom is 0.311 e. The fourth-order valence-corrected chi connectivity index (χ4v) is 2.96. The van der Waals surface area contributed by atoms with E-state index in [0.29, 0.717) is 6.61 Å². The number of carboxylic acid groups (broad SMARTS) is 1. The van der Waals surface area contributed by atoms with Crippen LogP contribution in [0.3, 0.4) is 0 Å². The van der Waals surface area contributed by atoms with Gasteiger partial charge in [-0.2, -0.15) is 0 Å². The number of thiazole rings is 1. The minimum absolute atomic E-state index is 0.220. The molecular formula is C14H14N2O3S. The van der Waals surface area contributed by atoms with E-state index >= 15 is 0 Å². The highest BCUT2D eigenvalue weighted by atomic mass is 32.1. The van der Waals surface area contributed by atoms with Gasteiger partial charge in [0.2, 0.25) is 0 Å². The van der Waals surface area contributed by atoms with E-state index in [1.54, 1.807) is 0 Å². The molecule has 5 nitrogen and oxygen atoms in total. The fraction of sp³-hybridized carbons (Fsp3) is 0.286. The number of anilines is 1. The Labute approximate surface area is 120 Å². The minimum Gasteiger partial charge on any atom is -0.481 e. The number of nitrogens with zero attached hydrogens (tertiary/aromatic N) is 1. The third-order valence-electron chi connectivity index (χ3n) is 3.28. The summed E-state index contributed by atoms with van der Waals surface area (Å²) in [5.41, 5.74) is 1.94. The monoisotopic (exact) mass is 290 g/mol. The van der Waals surface area contributed by atoms with E-state index in [9.17, 15) is 4.79 Å². The zero-order valence-corrected chi connectivity index (χ0v) is 11.5. The van der Waals surface area contributed by atoms with Crippen molar-refractivity contribution in [1.82, 2.24) is 4.98 Å². The van der Waals surface area contributed by atoms with Crippen molar-refractivity contribution in [3.05, 3.63) is 35.7 Å². The molecule has 1 aliphatic rings. The molecule has 3 rings (SSSR count). The Morgan fingerprint density at radius 1 is 1.35 bits per heavy atom. The van der Waals surface area contributed by atoms with Crippen LogP contribution in [-0.4, -0.2) is 35.3 Å². The highest BCUT2D eigenvalue weighted by Gasteiger charge is 2.34. The summed E-state index contributed by atoms with van der Waals surface area (Å²) in [6.45, 7) is 0.654. The quantitative estimate of drug-likeness (QED) is 0.904. The molecule has 1 aliphatic heterocycles. The summed E-state index contributed by atoms with van der Waals surface area (Å²) in [4.78, 5) is 15.6. The van der Waals surface area contributed by atoms with Crippen LogP contribution in [0.4, 0.5) is 5.13 Å². The van der Waals surface area contributed by atoms with Crippen molar-refractivity contribution in [3.8, 4) is 11.3 Å². The second kappa shape index (κ2) is 5.60. The van der Waals surface area contributed by atoms with Crippen LogP contribution in [0.2, 0.25) is 0 Å². The number of hydrogen-bond donors (Lipinski definition) is 2. The van der Waals surface area contributed by atoms with E-state index in [0.717, 1.165) is 16.4 Å². The van der Waals surface area contributed by atoms with Crippen LogP contribution in [-0.2, 0) is 9.53 Å². The molecule has 20 heavy (non-hydrogen) atoms. The van der Waals surface area contributed by atoms with Gasteiger partial charge in [-0.1, -0.05) is 30.3 Å². The van der Waals surface area contributed by atoms with Crippen molar-refractivity contribution >= 4 is 22.4 Å². The van der Waals surface area contributed by atoms with Crippen LogP contribution in [0.5, 0.6) is 0 Å². The fourth-order valence-electron chi connectivity index (χ4n) is 2.18. The van der Waals surface area contributed by atoms with E-state index in [1.165, 1.54) is 11.3 Å². The first-order chi connectivity index (χ1) is 9.74. The molecule has 0 saturated carbocycles. The first kappa shape index (κ1) is 13.1. The van der Waals surface area contributed by atoms with Crippen molar-refractivity contribution in [1.29, 1.82) is 0 Å². The lowest BCUT2D eigenvalue weighted by Gasteiger charge is -2.14. The van der Waals surface area contributed by atoms with Gasteiger partial charge in [-0.15, -0.1) is 11.3 Å². The zero-order chi connectivity index (χ0) is 13.9. The summed E-state index contributed by atoms with van der Waals surface area (Å²) in [6, 6.07) is 9.67. The SMILES string of the molecule is O=C(O)C1COCC1Nc1nc(-c2ccccc2)cs1. The van der Waals surface area contributed by atoms with Gasteiger partial charge in [0.05, 0.1) is 24.9 Å². The Bertz CT molecular complexity index is 599. The number of hydrogen-bond acceptors (Lipinski definition) is 5. The van der Waals surface area contributed by atoms with Gasteiger partial charge >= 0.3 is 5.97 Å². The average molecular weight is 290 g/mol. The van der Waals surface area contributed by atoms with Gasteiger partial charge in [0.1, 0.15) is 5.92 Å². The van der Waals surface area contributed by atoms with Gasteiger partial charge in [-0.05, 0) is 0 Å². The predicted octanol–water partition coefficient (Wildman–Crippen LogP) is 2.32. The molecule has 2 atom stereocenters. The molecule has 1 fully saturated rings. The number of nitrogens with one attached hydrogen (secondary N) is 1. The normalized spacial score (nSPS) is 21.8. The lowest BCUT2D eigenvalue weighted by Crippen LogP contribution is -2.33. The van der Waals surface area contributed by atoms with Gasteiger partial charge in [-0.3, -0.25) is 4.79 Å². The van der Waals surface area contributed by atoms with E-state index in [-0.39, 0.29) is 12.6 Å². The molecule has 1 saturated heterocycles. The van der Waals surface area contributed by atoms with Crippen LogP contribution in [0.1, 0.15) is 0 Å². The second-order valence-electron chi connectivity index (χ2n) is 4.64. The van der Waals surface area contributed by atoms with Crippen molar-refractivity contribution in [2.75, 3.05) is 18.5 Å². The maximum absolute atomic E-state index is 11.1. The van der Waals surface area contributed by atoms with Crippen LogP contribution >= 0.6 is 11.3 Å². The number of carboxylic acids is 1. The van der Waals surface area contributed by atoms with Crippen LogP contribution in [0.25, 0.3) is 11.3 Å². The highest BCUT2D eigenvalue weighted by molar-refractivity contribution is 7.14. The average Bonchev–Trinajstić information content (AvgIpc) is 3.09. The summed E-state index contributed by atoms with van der Waals surface area (Å²) in [7, 11) is 0. The molecule has 6 heteroatoms. The van der Waals surface area contributed by atoms with Gasteiger partial charge in [0.25, 0.3) is 0 Å². The summed E-state index contributed by atoms with van der Waals surface area (Å²) < 4.78 is 5.23. The third kappa shape index (κ3) is 2.66. The Morgan fingerprint density at radius 2 is 2.15 bits per heavy atom. The second-order valence-corrected chi connectivity index (χ2v) is 5.50. The lowest BCUT2D eigenvalue weighted by atomic mass is 10.1. The molecule has 1 aromatic carbocycles. The number of benzene rings is 1. The molecule has 2 unspecified atom stereocenters. The molecule has 0 radical (unpaired) electrons. The van der Waals surface area contributed by atoms with Crippen molar-refractivity contribution in [2.45, 2.75) is 6.04 Å². The van der Waals surface area contributed by atoms with Crippen molar-refractivity contribution in [2.24, 2.45) is 5.92 Å². The van der Waals surface area contributed by atoms with E-state index in [4.69, 9.17) is 9.84 Å². The standard InChI is InChI=1S/C14H14N2O3S/c17-13(18)10-6-19-7-11(10)15-14-16-12(8-20-14)9-4-2-1-3-5-9/h1-5,8,10-11H,6-7H2,(H,15,16)(H,17,18). The van der Waals surface area contributed by atoms with Crippen LogP contribution in [0, 0.1) is 5.92 Å². The summed E-state index contributed by atoms with van der Waals surface area (Å²) in [6.07, 6.45) is 0. The van der Waals surface area contributed by atoms with E-state index < -0.39 is 11.9 Å². The van der Waals surface area contributed by atoms with Gasteiger partial charge in [0, 0.05) is 10.9 Å². The molecule has 2 N–H and O–H groups in total. The third-order valence-corrected chi connectivity index (χ3v) is 4.05. The van der Waals surface area contributed by atoms with E-state index in [2.05, 4.69) is 10.3 Å². The lowest BCUT2D eigenvalue weighted by molar-refractivity contribution is -0.141. The van der Waals surface area contributed by atoms with Gasteiger partial charge in [0.15, 0.2) is 5.13 Å². The molecule has 0 spiro atoms. The van der Waals surface area contributed by atoms with Gasteiger partial charge in [-0.25, -0.2) is 4.98 Å². The molecule has 2 aromatic rings. The van der Waals surface area contributed by atoms with Crippen molar-refractivity contribution in [3.63, 3.8) is 0 Å². The maximum atomic E-state index is 11.1. The Morgan fingerprint density at radius 3 is 2.90 bits per heavy atom. The van der Waals surface area contributed by atoms with Crippen LogP contribution in [0.15, 0.2) is 35.7 Å². The van der Waals surface area contributed by atoms with Crippen molar-refractivity contribution < 1.29 is 14.6 Å². The number of aliphatic carboxylic acids is 1. The first-order valence-electron chi connectivity index (χ1n) is 6.32. The molecule has 0 aliphatic carbocycles. The molecule has 1 aromatic heterocycles. The Balaban J connectivity index is 1.73. The smallest absolute Gasteiger partial charge is 0.311 e. The zero-order valence-electron chi connectivity index (χ0n) is 10.7. The topological polar surface area (TPSA) is 71.5 Å². The predicted molar refractivity (Wildman–Crippen MR) is 76.9 cm³/mol. The van der Waals surface area contributed by atoms with Gasteiger partial charge < -0.3 is 15.2 Å². The molecular weight excluding hydrogens is 276 g/mol. The number of carbonyl (C=O) groups is 1. The minimum atomic E-state index is -0.833. The first-order valence-corrected chi connectivity index (χ1v) is 7.20. The number of ether oxygens (including phenoxy) is 1. The molecule has 0 amide bonds. The molecule has 2 heterocycles. The number of rotatable bonds is 4. The summed E-state index contributed by atoms with van der Waals surface area (Å²) in [5.74, 6) is -1.35.